The van der Waals surface area contributed by atoms with Crippen LogP contribution in [0.3, 0.4) is 0 Å². The smallest absolute Gasteiger partial charge is 0.357 e. The van der Waals surface area contributed by atoms with Crippen molar-refractivity contribution in [1.82, 2.24) is 4.98 Å². The molecule has 1 aromatic heterocycles. The zero-order valence-electron chi connectivity index (χ0n) is 8.60. The van der Waals surface area contributed by atoms with Crippen molar-refractivity contribution in [2.75, 3.05) is 0 Å². The summed E-state index contributed by atoms with van der Waals surface area (Å²) in [6.07, 6.45) is -4.34. The molecule has 86 valence electrons. The van der Waals surface area contributed by atoms with E-state index in [4.69, 9.17) is 5.73 Å². The van der Waals surface area contributed by atoms with Crippen LogP contribution in [0.5, 0.6) is 0 Å². The van der Waals surface area contributed by atoms with Crippen LogP contribution < -0.4 is 5.73 Å². The van der Waals surface area contributed by atoms with Gasteiger partial charge in [-0.05, 0) is 25.1 Å². The number of fused-ring (bicyclic) bond motifs is 1. The summed E-state index contributed by atoms with van der Waals surface area (Å²) in [5.41, 5.74) is 6.06. The summed E-state index contributed by atoms with van der Waals surface area (Å²) in [6.45, 7) is 1.72. The number of halogens is 3. The van der Waals surface area contributed by atoms with Crippen molar-refractivity contribution in [2.24, 2.45) is 5.73 Å². The summed E-state index contributed by atoms with van der Waals surface area (Å²) in [4.78, 5) is 2.88. The molecule has 0 aliphatic heterocycles. The number of alkyl halides is 3. The fourth-order valence-corrected chi connectivity index (χ4v) is 1.67. The first-order chi connectivity index (χ1) is 7.39. The molecular weight excluding hydrogens is 217 g/mol. The van der Waals surface area contributed by atoms with Gasteiger partial charge in [0.15, 0.2) is 0 Å². The molecule has 0 aliphatic rings. The minimum absolute atomic E-state index is 0.169. The lowest BCUT2D eigenvalue weighted by molar-refractivity contribution is -0.136. The molecule has 0 aliphatic carbocycles. The minimum atomic E-state index is -4.34. The third-order valence-electron chi connectivity index (χ3n) is 2.48. The molecule has 0 bridgehead atoms. The molecule has 1 unspecified atom stereocenters. The maximum absolute atomic E-state index is 12.7. The van der Waals surface area contributed by atoms with Crippen molar-refractivity contribution in [3.05, 3.63) is 35.5 Å². The number of hydrogen-bond acceptors (Lipinski definition) is 1. The average Bonchev–Trinajstić information content (AvgIpc) is 2.58. The molecule has 16 heavy (non-hydrogen) atoms. The van der Waals surface area contributed by atoms with E-state index in [0.29, 0.717) is 11.2 Å². The maximum Gasteiger partial charge on any atom is 0.417 e. The van der Waals surface area contributed by atoms with Gasteiger partial charge in [0.2, 0.25) is 0 Å². The molecule has 1 heterocycles. The van der Waals surface area contributed by atoms with Gasteiger partial charge in [-0.1, -0.05) is 6.07 Å². The summed E-state index contributed by atoms with van der Waals surface area (Å²) >= 11 is 0. The van der Waals surface area contributed by atoms with Crippen molar-refractivity contribution >= 4 is 10.9 Å². The Hall–Kier alpha value is -1.49. The lowest BCUT2D eigenvalue weighted by atomic mass is 10.1. The molecule has 1 aromatic carbocycles. The highest BCUT2D eigenvalue weighted by molar-refractivity contribution is 5.84. The first-order valence-corrected chi connectivity index (χ1v) is 4.84. The number of aromatic amines is 1. The van der Waals surface area contributed by atoms with E-state index >= 15 is 0 Å². The zero-order chi connectivity index (χ0) is 11.9. The van der Waals surface area contributed by atoms with Gasteiger partial charge in [0.1, 0.15) is 0 Å². The Balaban J connectivity index is 2.68. The fourth-order valence-electron chi connectivity index (χ4n) is 1.67. The SMILES string of the molecule is CC(N)c1cc2c(C(F)(F)F)cccc2[nH]1. The normalized spacial score (nSPS) is 14.3. The van der Waals surface area contributed by atoms with Crippen LogP contribution in [-0.4, -0.2) is 4.98 Å². The van der Waals surface area contributed by atoms with E-state index in [-0.39, 0.29) is 11.4 Å². The molecular formula is C11H11F3N2. The Morgan fingerprint density at radius 2 is 2.00 bits per heavy atom. The van der Waals surface area contributed by atoms with E-state index in [1.165, 1.54) is 12.1 Å². The molecule has 0 fully saturated rings. The van der Waals surface area contributed by atoms with Gasteiger partial charge in [0, 0.05) is 22.6 Å². The molecule has 2 aromatic rings. The van der Waals surface area contributed by atoms with Crippen molar-refractivity contribution in [1.29, 1.82) is 0 Å². The predicted octanol–water partition coefficient (Wildman–Crippen LogP) is 3.21. The quantitative estimate of drug-likeness (QED) is 0.773. The fraction of sp³-hybridized carbons (Fsp3) is 0.273. The summed E-state index contributed by atoms with van der Waals surface area (Å²) in [5, 5.41) is 0.169. The Bertz CT molecular complexity index is 511. The number of benzene rings is 1. The summed E-state index contributed by atoms with van der Waals surface area (Å²) < 4.78 is 38.0. The van der Waals surface area contributed by atoms with Gasteiger partial charge in [-0.15, -0.1) is 0 Å². The highest BCUT2D eigenvalue weighted by Gasteiger charge is 2.32. The third-order valence-corrected chi connectivity index (χ3v) is 2.48. The van der Waals surface area contributed by atoms with Crippen molar-refractivity contribution in [3.8, 4) is 0 Å². The molecule has 0 spiro atoms. The molecule has 3 N–H and O–H groups in total. The second-order valence-corrected chi connectivity index (χ2v) is 3.78. The van der Waals surface area contributed by atoms with Crippen LogP contribution in [-0.2, 0) is 6.18 Å². The van der Waals surface area contributed by atoms with Gasteiger partial charge in [0.25, 0.3) is 0 Å². The molecule has 2 rings (SSSR count). The molecule has 1 atom stereocenters. The molecule has 0 radical (unpaired) electrons. The van der Waals surface area contributed by atoms with Crippen LogP contribution in [0.15, 0.2) is 24.3 Å². The Morgan fingerprint density at radius 1 is 1.31 bits per heavy atom. The Morgan fingerprint density at radius 3 is 2.56 bits per heavy atom. The number of aromatic nitrogens is 1. The van der Waals surface area contributed by atoms with Crippen molar-refractivity contribution in [3.63, 3.8) is 0 Å². The summed E-state index contributed by atoms with van der Waals surface area (Å²) in [7, 11) is 0. The van der Waals surface area contributed by atoms with Crippen LogP contribution in [0.25, 0.3) is 10.9 Å². The van der Waals surface area contributed by atoms with Crippen LogP contribution in [0.4, 0.5) is 13.2 Å². The number of nitrogens with two attached hydrogens (primary N) is 1. The van der Waals surface area contributed by atoms with Gasteiger partial charge in [-0.3, -0.25) is 0 Å². The zero-order valence-corrected chi connectivity index (χ0v) is 8.60. The predicted molar refractivity (Wildman–Crippen MR) is 55.9 cm³/mol. The first kappa shape index (κ1) is 11.0. The van der Waals surface area contributed by atoms with Gasteiger partial charge < -0.3 is 10.7 Å². The van der Waals surface area contributed by atoms with E-state index < -0.39 is 11.7 Å². The largest absolute Gasteiger partial charge is 0.417 e. The molecule has 0 saturated heterocycles. The van der Waals surface area contributed by atoms with Gasteiger partial charge in [-0.25, -0.2) is 0 Å². The van der Waals surface area contributed by atoms with Crippen LogP contribution in [0, 0.1) is 0 Å². The monoisotopic (exact) mass is 228 g/mol. The highest BCUT2D eigenvalue weighted by atomic mass is 19.4. The number of H-pyrrole nitrogens is 1. The second-order valence-electron chi connectivity index (χ2n) is 3.78. The Kier molecular flexibility index (Phi) is 2.42. The topological polar surface area (TPSA) is 41.8 Å². The maximum atomic E-state index is 12.7. The number of hydrogen-bond donors (Lipinski definition) is 2. The van der Waals surface area contributed by atoms with E-state index in [0.717, 1.165) is 6.07 Å². The summed E-state index contributed by atoms with van der Waals surface area (Å²) in [6, 6.07) is 5.21. The Labute approximate surface area is 90.3 Å². The minimum Gasteiger partial charge on any atom is -0.357 e. The number of nitrogens with one attached hydrogen (secondary N) is 1. The highest BCUT2D eigenvalue weighted by Crippen LogP contribution is 2.35. The van der Waals surface area contributed by atoms with E-state index in [1.807, 2.05) is 0 Å². The lowest BCUT2D eigenvalue weighted by Crippen LogP contribution is -2.05. The molecule has 2 nitrogen and oxygen atoms in total. The molecule has 5 heteroatoms. The van der Waals surface area contributed by atoms with Gasteiger partial charge in [0.05, 0.1) is 5.56 Å². The first-order valence-electron chi connectivity index (χ1n) is 4.84. The average molecular weight is 228 g/mol. The van der Waals surface area contributed by atoms with Gasteiger partial charge in [-0.2, -0.15) is 13.2 Å². The molecule has 0 saturated carbocycles. The van der Waals surface area contributed by atoms with Crippen LogP contribution >= 0.6 is 0 Å². The lowest BCUT2D eigenvalue weighted by Gasteiger charge is -2.06. The van der Waals surface area contributed by atoms with Crippen LogP contribution in [0.2, 0.25) is 0 Å². The van der Waals surface area contributed by atoms with E-state index in [1.54, 1.807) is 13.0 Å². The standard InChI is InChI=1S/C11H11F3N2/c1-6(15)10-5-7-8(11(12,13)14)3-2-4-9(7)16-10/h2-6,16H,15H2,1H3. The van der Waals surface area contributed by atoms with E-state index in [2.05, 4.69) is 4.98 Å². The summed E-state index contributed by atoms with van der Waals surface area (Å²) in [5.74, 6) is 0. The molecule has 0 amide bonds. The van der Waals surface area contributed by atoms with Gasteiger partial charge >= 0.3 is 6.18 Å². The van der Waals surface area contributed by atoms with Crippen molar-refractivity contribution in [2.45, 2.75) is 19.1 Å². The van der Waals surface area contributed by atoms with Crippen molar-refractivity contribution < 1.29 is 13.2 Å². The van der Waals surface area contributed by atoms with E-state index in [9.17, 15) is 13.2 Å². The second kappa shape index (κ2) is 3.52. The third kappa shape index (κ3) is 1.78. The number of rotatable bonds is 1. The van der Waals surface area contributed by atoms with Crippen LogP contribution in [0.1, 0.15) is 24.2 Å².